The van der Waals surface area contributed by atoms with Crippen LogP contribution in [0.15, 0.2) is 18.2 Å². The summed E-state index contributed by atoms with van der Waals surface area (Å²) in [5.41, 5.74) is 2.93. The molecule has 148 valence electrons. The molecule has 7 heteroatoms. The zero-order chi connectivity index (χ0) is 20.0. The maximum Gasteiger partial charge on any atom is 0.409 e. The number of nitrogens with zero attached hydrogens (tertiary/aromatic N) is 2. The van der Waals surface area contributed by atoms with Crippen LogP contribution in [0.4, 0.5) is 10.5 Å². The van der Waals surface area contributed by atoms with Crippen molar-refractivity contribution in [2.45, 2.75) is 46.6 Å². The van der Waals surface area contributed by atoms with E-state index in [1.54, 1.807) is 11.8 Å². The molecule has 1 fully saturated rings. The van der Waals surface area contributed by atoms with Crippen LogP contribution in [0.3, 0.4) is 0 Å². The third kappa shape index (κ3) is 5.70. The number of ether oxygens (including phenoxy) is 1. The summed E-state index contributed by atoms with van der Waals surface area (Å²) in [4.78, 5) is 39.4. The Labute approximate surface area is 160 Å². The van der Waals surface area contributed by atoms with Gasteiger partial charge in [-0.25, -0.2) is 4.79 Å². The van der Waals surface area contributed by atoms with E-state index in [0.717, 1.165) is 16.8 Å². The third-order valence-corrected chi connectivity index (χ3v) is 4.87. The van der Waals surface area contributed by atoms with E-state index in [2.05, 4.69) is 5.32 Å². The van der Waals surface area contributed by atoms with E-state index >= 15 is 0 Å². The van der Waals surface area contributed by atoms with Crippen LogP contribution in [0.2, 0.25) is 0 Å². The van der Waals surface area contributed by atoms with Gasteiger partial charge in [-0.15, -0.1) is 0 Å². The van der Waals surface area contributed by atoms with Crippen LogP contribution in [0, 0.1) is 13.8 Å². The number of rotatable bonds is 5. The average molecular weight is 375 g/mol. The van der Waals surface area contributed by atoms with Crippen molar-refractivity contribution in [3.63, 3.8) is 0 Å². The van der Waals surface area contributed by atoms with E-state index in [0.29, 0.717) is 32.5 Å². The molecule has 0 saturated carbocycles. The first-order valence-corrected chi connectivity index (χ1v) is 9.38. The van der Waals surface area contributed by atoms with Crippen molar-refractivity contribution in [2.24, 2.45) is 0 Å². The number of amides is 3. The van der Waals surface area contributed by atoms with Crippen molar-refractivity contribution >= 4 is 23.6 Å². The highest BCUT2D eigenvalue weighted by atomic mass is 16.6. The summed E-state index contributed by atoms with van der Waals surface area (Å²) < 4.78 is 5.00. The molecular formula is C20H29N3O4. The minimum Gasteiger partial charge on any atom is -0.450 e. The molecule has 0 atom stereocenters. The van der Waals surface area contributed by atoms with Gasteiger partial charge in [-0.1, -0.05) is 6.07 Å². The topological polar surface area (TPSA) is 79.0 Å². The molecule has 0 unspecified atom stereocenters. The summed E-state index contributed by atoms with van der Waals surface area (Å²) in [6, 6.07) is 5.72. The lowest BCUT2D eigenvalue weighted by Gasteiger charge is -2.32. The maximum absolute atomic E-state index is 12.5. The second-order valence-corrected chi connectivity index (χ2v) is 6.90. The van der Waals surface area contributed by atoms with Gasteiger partial charge in [-0.3, -0.25) is 9.59 Å². The molecule has 1 aromatic rings. The lowest BCUT2D eigenvalue weighted by molar-refractivity contribution is -0.123. The molecule has 1 saturated heterocycles. The molecule has 1 N–H and O–H groups in total. The lowest BCUT2D eigenvalue weighted by Crippen LogP contribution is -2.49. The Bertz CT molecular complexity index is 696. The molecule has 1 heterocycles. The lowest BCUT2D eigenvalue weighted by atomic mass is 10.1. The summed E-state index contributed by atoms with van der Waals surface area (Å²) >= 11 is 0. The van der Waals surface area contributed by atoms with Crippen molar-refractivity contribution < 1.29 is 19.1 Å². The quantitative estimate of drug-likeness (QED) is 0.857. The van der Waals surface area contributed by atoms with Crippen molar-refractivity contribution in [3.8, 4) is 0 Å². The SMILES string of the molecule is CCOC(=O)N1CCC(NC(=O)CN(C(C)=O)c2ccc(C)c(C)c2)CC1. The molecule has 0 spiro atoms. The minimum absolute atomic E-state index is 0.00302. The first-order chi connectivity index (χ1) is 12.8. The number of benzene rings is 1. The van der Waals surface area contributed by atoms with Gasteiger partial charge in [-0.05, 0) is 56.9 Å². The van der Waals surface area contributed by atoms with Crippen LogP contribution in [0.25, 0.3) is 0 Å². The van der Waals surface area contributed by atoms with E-state index in [1.165, 1.54) is 11.8 Å². The van der Waals surface area contributed by atoms with Gasteiger partial charge in [0.25, 0.3) is 0 Å². The number of hydrogen-bond donors (Lipinski definition) is 1. The molecule has 0 radical (unpaired) electrons. The Hall–Kier alpha value is -2.57. The Morgan fingerprint density at radius 1 is 1.19 bits per heavy atom. The van der Waals surface area contributed by atoms with Crippen LogP contribution in [0.5, 0.6) is 0 Å². The van der Waals surface area contributed by atoms with Gasteiger partial charge < -0.3 is 19.9 Å². The van der Waals surface area contributed by atoms with Gasteiger partial charge in [0.2, 0.25) is 11.8 Å². The third-order valence-electron chi connectivity index (χ3n) is 4.87. The predicted molar refractivity (Wildman–Crippen MR) is 104 cm³/mol. The molecule has 3 amide bonds. The fraction of sp³-hybridized carbons (Fsp3) is 0.550. The Morgan fingerprint density at radius 2 is 1.85 bits per heavy atom. The molecule has 1 aromatic carbocycles. The van der Waals surface area contributed by atoms with Crippen molar-refractivity contribution in [3.05, 3.63) is 29.3 Å². The van der Waals surface area contributed by atoms with Gasteiger partial charge in [0.15, 0.2) is 0 Å². The summed E-state index contributed by atoms with van der Waals surface area (Å²) in [5.74, 6) is -0.372. The van der Waals surface area contributed by atoms with Crippen LogP contribution in [-0.2, 0) is 14.3 Å². The highest BCUT2D eigenvalue weighted by molar-refractivity contribution is 5.97. The van der Waals surface area contributed by atoms with E-state index in [1.807, 2.05) is 32.0 Å². The van der Waals surface area contributed by atoms with Gasteiger partial charge in [0.05, 0.1) is 6.61 Å². The number of anilines is 1. The monoisotopic (exact) mass is 375 g/mol. The average Bonchev–Trinajstić information content (AvgIpc) is 2.62. The molecular weight excluding hydrogens is 346 g/mol. The maximum atomic E-state index is 12.5. The first-order valence-electron chi connectivity index (χ1n) is 9.38. The number of hydrogen-bond acceptors (Lipinski definition) is 4. The Kier molecular flexibility index (Phi) is 7.21. The van der Waals surface area contributed by atoms with E-state index < -0.39 is 0 Å². The number of aryl methyl sites for hydroxylation is 2. The number of piperidine rings is 1. The minimum atomic E-state index is -0.306. The van der Waals surface area contributed by atoms with Crippen LogP contribution in [0.1, 0.15) is 37.8 Å². The fourth-order valence-corrected chi connectivity index (χ4v) is 3.12. The standard InChI is InChI=1S/C20H29N3O4/c1-5-27-20(26)22-10-8-17(9-11-22)21-19(25)13-23(16(4)24)18-7-6-14(2)15(3)12-18/h6-7,12,17H,5,8-11,13H2,1-4H3,(H,21,25). The predicted octanol–water partition coefficient (Wildman–Crippen LogP) is 2.39. The fourth-order valence-electron chi connectivity index (χ4n) is 3.12. The van der Waals surface area contributed by atoms with Gasteiger partial charge in [0.1, 0.15) is 6.54 Å². The molecule has 1 aliphatic heterocycles. The van der Waals surface area contributed by atoms with Crippen LogP contribution < -0.4 is 10.2 Å². The number of nitrogens with one attached hydrogen (secondary N) is 1. The molecule has 7 nitrogen and oxygen atoms in total. The zero-order valence-electron chi connectivity index (χ0n) is 16.6. The normalized spacial score (nSPS) is 14.6. The first kappa shape index (κ1) is 20.7. The highest BCUT2D eigenvalue weighted by Gasteiger charge is 2.25. The van der Waals surface area contributed by atoms with Gasteiger partial charge in [0, 0.05) is 31.7 Å². The Balaban J connectivity index is 1.90. The number of carbonyl (C=O) groups excluding carboxylic acids is 3. The molecule has 0 aliphatic carbocycles. The smallest absolute Gasteiger partial charge is 0.409 e. The Morgan fingerprint density at radius 3 is 2.41 bits per heavy atom. The largest absolute Gasteiger partial charge is 0.450 e. The zero-order valence-corrected chi connectivity index (χ0v) is 16.6. The van der Waals surface area contributed by atoms with Crippen molar-refractivity contribution in [2.75, 3.05) is 31.1 Å². The summed E-state index contributed by atoms with van der Waals surface area (Å²) in [7, 11) is 0. The molecule has 27 heavy (non-hydrogen) atoms. The van der Waals surface area contributed by atoms with Crippen LogP contribution >= 0.6 is 0 Å². The second-order valence-electron chi connectivity index (χ2n) is 6.90. The van der Waals surface area contributed by atoms with E-state index in [-0.39, 0.29) is 30.5 Å². The van der Waals surface area contributed by atoms with Crippen molar-refractivity contribution in [1.82, 2.24) is 10.2 Å². The molecule has 0 aromatic heterocycles. The highest BCUT2D eigenvalue weighted by Crippen LogP contribution is 2.19. The van der Waals surface area contributed by atoms with Crippen molar-refractivity contribution in [1.29, 1.82) is 0 Å². The van der Waals surface area contributed by atoms with Crippen LogP contribution in [-0.4, -0.2) is 55.1 Å². The molecule has 0 bridgehead atoms. The second kappa shape index (κ2) is 9.39. The number of likely N-dealkylation sites (tertiary alicyclic amines) is 1. The van der Waals surface area contributed by atoms with Gasteiger partial charge >= 0.3 is 6.09 Å². The van der Waals surface area contributed by atoms with E-state index in [4.69, 9.17) is 4.74 Å². The summed E-state index contributed by atoms with van der Waals surface area (Å²) in [5, 5.41) is 2.98. The molecule has 1 aliphatic rings. The molecule has 2 rings (SSSR count). The van der Waals surface area contributed by atoms with E-state index in [9.17, 15) is 14.4 Å². The summed E-state index contributed by atoms with van der Waals surface area (Å²) in [6.45, 7) is 8.67. The number of carbonyl (C=O) groups is 3. The summed E-state index contributed by atoms with van der Waals surface area (Å²) in [6.07, 6.45) is 1.04. The van der Waals surface area contributed by atoms with Gasteiger partial charge in [-0.2, -0.15) is 0 Å².